The summed E-state index contributed by atoms with van der Waals surface area (Å²) >= 11 is 4.49. The van der Waals surface area contributed by atoms with Crippen LogP contribution in [0.1, 0.15) is 74.8 Å². The van der Waals surface area contributed by atoms with Gasteiger partial charge in [0.15, 0.2) is 0 Å². The molecule has 0 saturated heterocycles. The summed E-state index contributed by atoms with van der Waals surface area (Å²) in [6.45, 7) is 2.43. The second-order valence-electron chi connectivity index (χ2n) is 6.58. The fraction of sp³-hybridized carbons (Fsp3) is 0.765. The van der Waals surface area contributed by atoms with Crippen molar-refractivity contribution < 1.29 is 0 Å². The molecule has 1 nitrogen and oxygen atoms in total. The monoisotopic (exact) mass is 403 g/mol. The number of rotatable bonds is 3. The van der Waals surface area contributed by atoms with E-state index in [0.29, 0.717) is 12.1 Å². The fourth-order valence-electron chi connectivity index (χ4n) is 3.96. The van der Waals surface area contributed by atoms with Gasteiger partial charge in [-0.1, -0.05) is 25.7 Å². The molecular weight excluding hydrogens is 377 g/mol. The number of hydrogen-bond donors (Lipinski definition) is 1. The molecule has 0 aliphatic heterocycles. The standard InChI is InChI=1S/C17H26INS/c1-12(13-7-4-2-3-5-8-13)19-15-9-6-10-16-14(15)11-17(18)20-16/h11-13,15,19H,2-10H2,1H3/t12-,15?/m0/s1. The van der Waals surface area contributed by atoms with Gasteiger partial charge in [0.25, 0.3) is 0 Å². The maximum absolute atomic E-state index is 3.99. The minimum Gasteiger partial charge on any atom is -0.307 e. The van der Waals surface area contributed by atoms with Crippen molar-refractivity contribution in [1.82, 2.24) is 5.32 Å². The lowest BCUT2D eigenvalue weighted by Crippen LogP contribution is -2.37. The number of thiophene rings is 1. The summed E-state index contributed by atoms with van der Waals surface area (Å²) in [7, 11) is 0. The van der Waals surface area contributed by atoms with Crippen molar-refractivity contribution in [2.45, 2.75) is 76.8 Å². The van der Waals surface area contributed by atoms with E-state index in [0.717, 1.165) is 5.92 Å². The first-order chi connectivity index (χ1) is 9.74. The summed E-state index contributed by atoms with van der Waals surface area (Å²) in [5.41, 5.74) is 1.62. The van der Waals surface area contributed by atoms with Gasteiger partial charge in [-0.15, -0.1) is 11.3 Å². The normalized spacial score (nSPS) is 26.0. The molecule has 1 aromatic rings. The van der Waals surface area contributed by atoms with Gasteiger partial charge in [0, 0.05) is 17.0 Å². The molecule has 112 valence electrons. The van der Waals surface area contributed by atoms with E-state index in [1.807, 2.05) is 11.3 Å². The van der Waals surface area contributed by atoms with E-state index in [2.05, 4.69) is 40.9 Å². The highest BCUT2D eigenvalue weighted by molar-refractivity contribution is 14.1. The van der Waals surface area contributed by atoms with Crippen molar-refractivity contribution in [3.8, 4) is 0 Å². The zero-order chi connectivity index (χ0) is 13.9. The molecule has 0 radical (unpaired) electrons. The molecule has 1 heterocycles. The summed E-state index contributed by atoms with van der Waals surface area (Å²) in [6, 6.07) is 3.73. The van der Waals surface area contributed by atoms with Crippen LogP contribution in [-0.2, 0) is 6.42 Å². The molecule has 0 aromatic carbocycles. The number of hydrogen-bond acceptors (Lipinski definition) is 2. The molecule has 3 heteroatoms. The van der Waals surface area contributed by atoms with Crippen LogP contribution in [0.3, 0.4) is 0 Å². The third-order valence-electron chi connectivity index (χ3n) is 5.15. The largest absolute Gasteiger partial charge is 0.307 e. The van der Waals surface area contributed by atoms with Crippen LogP contribution in [0.15, 0.2) is 6.07 Å². The number of aryl methyl sites for hydroxylation is 1. The van der Waals surface area contributed by atoms with Crippen LogP contribution >= 0.6 is 33.9 Å². The highest BCUT2D eigenvalue weighted by atomic mass is 127. The second-order valence-corrected chi connectivity index (χ2v) is 9.61. The predicted molar refractivity (Wildman–Crippen MR) is 96.5 cm³/mol. The number of fused-ring (bicyclic) bond motifs is 1. The summed E-state index contributed by atoms with van der Waals surface area (Å²) in [6.07, 6.45) is 12.7. The molecule has 1 saturated carbocycles. The number of halogens is 1. The minimum absolute atomic E-state index is 0.622. The lowest BCUT2D eigenvalue weighted by molar-refractivity contribution is 0.297. The molecule has 2 aliphatic rings. The zero-order valence-corrected chi connectivity index (χ0v) is 15.4. The van der Waals surface area contributed by atoms with E-state index in [1.165, 1.54) is 60.7 Å². The first-order valence-corrected chi connectivity index (χ1v) is 10.2. The van der Waals surface area contributed by atoms with Gasteiger partial charge in [0.1, 0.15) is 0 Å². The van der Waals surface area contributed by atoms with E-state index in [9.17, 15) is 0 Å². The minimum atomic E-state index is 0.622. The summed E-state index contributed by atoms with van der Waals surface area (Å²) in [5.74, 6) is 0.903. The van der Waals surface area contributed by atoms with Crippen LogP contribution in [0.5, 0.6) is 0 Å². The van der Waals surface area contributed by atoms with Gasteiger partial charge in [-0.25, -0.2) is 0 Å². The Morgan fingerprint density at radius 2 is 1.90 bits per heavy atom. The second kappa shape index (κ2) is 7.10. The van der Waals surface area contributed by atoms with Crippen LogP contribution in [0.2, 0.25) is 0 Å². The van der Waals surface area contributed by atoms with Crippen LogP contribution in [0.25, 0.3) is 0 Å². The van der Waals surface area contributed by atoms with Crippen LogP contribution in [0.4, 0.5) is 0 Å². The Morgan fingerprint density at radius 1 is 1.15 bits per heavy atom. The van der Waals surface area contributed by atoms with Gasteiger partial charge in [-0.3, -0.25) is 0 Å². The quantitative estimate of drug-likeness (QED) is 0.506. The molecule has 1 fully saturated rings. The predicted octanol–water partition coefficient (Wildman–Crippen LogP) is 5.68. The first-order valence-electron chi connectivity index (χ1n) is 8.28. The molecule has 3 rings (SSSR count). The summed E-state index contributed by atoms with van der Waals surface area (Å²) < 4.78 is 1.46. The van der Waals surface area contributed by atoms with Gasteiger partial charge in [0.2, 0.25) is 0 Å². The molecule has 2 aliphatic carbocycles. The van der Waals surface area contributed by atoms with E-state index >= 15 is 0 Å². The lowest BCUT2D eigenvalue weighted by atomic mass is 9.89. The van der Waals surface area contributed by atoms with Gasteiger partial charge < -0.3 is 5.32 Å². The lowest BCUT2D eigenvalue weighted by Gasteiger charge is -2.31. The van der Waals surface area contributed by atoms with Crippen molar-refractivity contribution in [3.05, 3.63) is 19.4 Å². The Morgan fingerprint density at radius 3 is 2.65 bits per heavy atom. The van der Waals surface area contributed by atoms with Gasteiger partial charge in [0.05, 0.1) is 2.88 Å². The van der Waals surface area contributed by atoms with Gasteiger partial charge in [-0.05, 0) is 79.2 Å². The smallest absolute Gasteiger partial charge is 0.0659 e. The average molecular weight is 403 g/mol. The van der Waals surface area contributed by atoms with Crippen LogP contribution in [0, 0.1) is 8.80 Å². The molecule has 0 spiro atoms. The first kappa shape index (κ1) is 15.3. The molecule has 0 amide bonds. The molecule has 2 atom stereocenters. The topological polar surface area (TPSA) is 12.0 Å². The highest BCUT2D eigenvalue weighted by Gasteiger charge is 2.26. The van der Waals surface area contributed by atoms with Crippen molar-refractivity contribution in [2.75, 3.05) is 0 Å². The van der Waals surface area contributed by atoms with E-state index in [4.69, 9.17) is 0 Å². The molecule has 1 N–H and O–H groups in total. The highest BCUT2D eigenvalue weighted by Crippen LogP contribution is 2.37. The van der Waals surface area contributed by atoms with Gasteiger partial charge in [-0.2, -0.15) is 0 Å². The maximum Gasteiger partial charge on any atom is 0.0659 e. The van der Waals surface area contributed by atoms with Crippen molar-refractivity contribution >= 4 is 33.9 Å². The fourth-order valence-corrected chi connectivity index (χ4v) is 6.08. The SMILES string of the molecule is C[C@H](NC1CCCc2sc(I)cc21)C1CCCCCC1. The van der Waals surface area contributed by atoms with Crippen molar-refractivity contribution in [3.63, 3.8) is 0 Å². The van der Waals surface area contributed by atoms with E-state index in [1.54, 1.807) is 10.4 Å². The van der Waals surface area contributed by atoms with Crippen molar-refractivity contribution in [2.24, 2.45) is 5.92 Å². The summed E-state index contributed by atoms with van der Waals surface area (Å²) in [5, 5.41) is 3.99. The Labute approximate surface area is 141 Å². The zero-order valence-electron chi connectivity index (χ0n) is 12.5. The molecule has 20 heavy (non-hydrogen) atoms. The summed E-state index contributed by atoms with van der Waals surface area (Å²) in [4.78, 5) is 1.64. The molecule has 0 bridgehead atoms. The third-order valence-corrected chi connectivity index (χ3v) is 7.13. The maximum atomic E-state index is 3.99. The van der Waals surface area contributed by atoms with Gasteiger partial charge >= 0.3 is 0 Å². The Hall–Kier alpha value is 0.390. The average Bonchev–Trinajstić information content (AvgIpc) is 2.64. The Kier molecular flexibility index (Phi) is 5.43. The number of nitrogens with one attached hydrogen (secondary N) is 1. The molecule has 1 unspecified atom stereocenters. The van der Waals surface area contributed by atoms with Crippen LogP contribution in [-0.4, -0.2) is 6.04 Å². The Balaban J connectivity index is 1.65. The molecule has 1 aromatic heterocycles. The van der Waals surface area contributed by atoms with Crippen LogP contribution < -0.4 is 5.32 Å². The molecular formula is C17H26INS. The van der Waals surface area contributed by atoms with Crippen molar-refractivity contribution in [1.29, 1.82) is 0 Å². The van der Waals surface area contributed by atoms with E-state index in [-0.39, 0.29) is 0 Å². The third kappa shape index (κ3) is 3.58. The Bertz CT molecular complexity index is 434. The van der Waals surface area contributed by atoms with E-state index < -0.39 is 0 Å².